The molecule has 0 N–H and O–H groups in total. The number of halogens is 1. The van der Waals surface area contributed by atoms with E-state index in [1.54, 1.807) is 11.3 Å². The van der Waals surface area contributed by atoms with Gasteiger partial charge in [-0.2, -0.15) is 0 Å². The van der Waals surface area contributed by atoms with Crippen LogP contribution in [0.4, 0.5) is 0 Å². The fraction of sp³-hybridized carbons (Fsp3) is 0. The summed E-state index contributed by atoms with van der Waals surface area (Å²) in [7, 11) is 0. The minimum atomic E-state index is 0.609. The molecule has 8 rings (SSSR count). The summed E-state index contributed by atoms with van der Waals surface area (Å²) in [5.41, 5.74) is 2.79. The molecule has 40 heavy (non-hydrogen) atoms. The zero-order chi connectivity index (χ0) is 26.6. The normalized spacial score (nSPS) is 11.6. The van der Waals surface area contributed by atoms with Crippen molar-refractivity contribution in [1.29, 1.82) is 0 Å². The van der Waals surface area contributed by atoms with Crippen LogP contribution in [0.2, 0.25) is 5.02 Å². The highest BCUT2D eigenvalue weighted by Crippen LogP contribution is 2.43. The molecule has 5 heteroatoms. The average Bonchev–Trinajstić information content (AvgIpc) is 3.36. The third-order valence-corrected chi connectivity index (χ3v) is 8.64. The third-order valence-electron chi connectivity index (χ3n) is 7.32. The second-order valence-corrected chi connectivity index (χ2v) is 11.4. The van der Waals surface area contributed by atoms with Crippen molar-refractivity contribution in [1.82, 2.24) is 15.0 Å². The Hall–Kier alpha value is -4.64. The van der Waals surface area contributed by atoms with E-state index in [9.17, 15) is 0 Å². The molecule has 188 valence electrons. The minimum absolute atomic E-state index is 0.609. The average molecular weight is 550 g/mol. The number of nitrogens with zero attached hydrogens (tertiary/aromatic N) is 3. The molecule has 0 amide bonds. The smallest absolute Gasteiger partial charge is 0.164 e. The van der Waals surface area contributed by atoms with Gasteiger partial charge in [-0.25, -0.2) is 15.0 Å². The van der Waals surface area contributed by atoms with Gasteiger partial charge >= 0.3 is 0 Å². The molecule has 0 aliphatic carbocycles. The van der Waals surface area contributed by atoms with E-state index in [4.69, 9.17) is 26.6 Å². The minimum Gasteiger partial charge on any atom is -0.208 e. The molecule has 0 saturated heterocycles. The predicted molar refractivity (Wildman–Crippen MR) is 169 cm³/mol. The molecule has 8 aromatic rings. The first-order valence-corrected chi connectivity index (χ1v) is 14.2. The zero-order valence-electron chi connectivity index (χ0n) is 21.2. The van der Waals surface area contributed by atoms with E-state index < -0.39 is 0 Å². The second-order valence-electron chi connectivity index (χ2n) is 9.86. The standard InChI is InChI=1S/C35H20ClN3S/c36-27-19-29(32-28-17-24-12-6-7-13-25(24)18-30(28)40-31(32)20-27)35-38-33(22-9-2-1-3-10-22)37-34(39-35)26-15-14-21-8-4-5-11-23(21)16-26/h1-20H. The van der Waals surface area contributed by atoms with Crippen molar-refractivity contribution in [2.75, 3.05) is 0 Å². The van der Waals surface area contributed by atoms with E-state index in [0.29, 0.717) is 22.5 Å². The largest absolute Gasteiger partial charge is 0.208 e. The van der Waals surface area contributed by atoms with Crippen LogP contribution in [-0.2, 0) is 0 Å². The molecule has 0 saturated carbocycles. The second kappa shape index (κ2) is 9.23. The first-order valence-electron chi connectivity index (χ1n) is 13.1. The lowest BCUT2D eigenvalue weighted by Gasteiger charge is -2.10. The highest BCUT2D eigenvalue weighted by Gasteiger charge is 2.18. The van der Waals surface area contributed by atoms with Crippen molar-refractivity contribution in [2.45, 2.75) is 0 Å². The van der Waals surface area contributed by atoms with Gasteiger partial charge in [-0.05, 0) is 51.9 Å². The molecular formula is C35H20ClN3S. The van der Waals surface area contributed by atoms with E-state index in [0.717, 1.165) is 32.2 Å². The molecule has 0 radical (unpaired) electrons. The summed E-state index contributed by atoms with van der Waals surface area (Å²) in [5.74, 6) is 1.87. The van der Waals surface area contributed by atoms with E-state index >= 15 is 0 Å². The van der Waals surface area contributed by atoms with Crippen molar-refractivity contribution in [3.05, 3.63) is 126 Å². The Morgan fingerprint density at radius 3 is 1.88 bits per heavy atom. The van der Waals surface area contributed by atoms with Gasteiger partial charge in [0.25, 0.3) is 0 Å². The lowest BCUT2D eigenvalue weighted by Crippen LogP contribution is -2.00. The summed E-state index contributed by atoms with van der Waals surface area (Å²) in [5, 5.41) is 7.70. The van der Waals surface area contributed by atoms with E-state index in [2.05, 4.69) is 78.9 Å². The molecule has 0 spiro atoms. The number of rotatable bonds is 3. The lowest BCUT2D eigenvalue weighted by molar-refractivity contribution is 1.08. The van der Waals surface area contributed by atoms with Gasteiger partial charge in [0.1, 0.15) is 0 Å². The van der Waals surface area contributed by atoms with Crippen molar-refractivity contribution in [3.63, 3.8) is 0 Å². The van der Waals surface area contributed by atoms with Gasteiger partial charge in [-0.1, -0.05) is 103 Å². The maximum absolute atomic E-state index is 6.72. The van der Waals surface area contributed by atoms with Crippen LogP contribution in [0.25, 0.3) is 75.9 Å². The van der Waals surface area contributed by atoms with Crippen molar-refractivity contribution in [2.24, 2.45) is 0 Å². The monoisotopic (exact) mass is 549 g/mol. The molecular weight excluding hydrogens is 530 g/mol. The molecule has 2 aromatic heterocycles. The Labute approximate surface area is 239 Å². The Kier molecular flexibility index (Phi) is 5.37. The molecule has 0 bridgehead atoms. The number of aromatic nitrogens is 3. The van der Waals surface area contributed by atoms with E-state index in [-0.39, 0.29) is 0 Å². The van der Waals surface area contributed by atoms with Gasteiger partial charge in [-0.15, -0.1) is 11.3 Å². The quantitative estimate of drug-likeness (QED) is 0.220. The molecule has 6 aromatic carbocycles. The van der Waals surface area contributed by atoms with Gasteiger partial charge < -0.3 is 0 Å². The summed E-state index contributed by atoms with van der Waals surface area (Å²) in [6.45, 7) is 0. The van der Waals surface area contributed by atoms with Gasteiger partial charge in [0, 0.05) is 41.9 Å². The Morgan fingerprint density at radius 1 is 0.475 bits per heavy atom. The molecule has 2 heterocycles. The summed E-state index contributed by atoms with van der Waals surface area (Å²) in [6.07, 6.45) is 0. The van der Waals surface area contributed by atoms with Gasteiger partial charge in [-0.3, -0.25) is 0 Å². The first-order chi connectivity index (χ1) is 19.7. The number of fused-ring (bicyclic) bond motifs is 5. The van der Waals surface area contributed by atoms with Crippen LogP contribution in [-0.4, -0.2) is 15.0 Å². The van der Waals surface area contributed by atoms with Crippen molar-refractivity contribution < 1.29 is 0 Å². The summed E-state index contributed by atoms with van der Waals surface area (Å²) in [6, 6.07) is 41.7. The summed E-state index contributed by atoms with van der Waals surface area (Å²) in [4.78, 5) is 15.0. The van der Waals surface area contributed by atoms with E-state index in [1.165, 1.54) is 26.2 Å². The molecule has 0 aliphatic heterocycles. The molecule has 0 atom stereocenters. The molecule has 3 nitrogen and oxygen atoms in total. The third kappa shape index (κ3) is 3.92. The first kappa shape index (κ1) is 23.3. The fourth-order valence-electron chi connectivity index (χ4n) is 5.40. The van der Waals surface area contributed by atoms with Crippen LogP contribution >= 0.6 is 22.9 Å². The molecule has 0 fully saturated rings. The molecule has 0 aliphatic rings. The number of thiophene rings is 1. The highest BCUT2D eigenvalue weighted by molar-refractivity contribution is 7.26. The SMILES string of the molecule is Clc1cc(-c2nc(-c3ccccc3)nc(-c3ccc4ccccc4c3)n2)c2c(c1)sc1cc3ccccc3cc12. The van der Waals surface area contributed by atoms with Crippen molar-refractivity contribution >= 4 is 64.7 Å². The van der Waals surface area contributed by atoms with Gasteiger partial charge in [0.2, 0.25) is 0 Å². The Bertz CT molecular complexity index is 2240. The van der Waals surface area contributed by atoms with E-state index in [1.807, 2.05) is 42.5 Å². The topological polar surface area (TPSA) is 38.7 Å². The maximum Gasteiger partial charge on any atom is 0.164 e. The van der Waals surface area contributed by atoms with Crippen molar-refractivity contribution in [3.8, 4) is 34.2 Å². The van der Waals surface area contributed by atoms with Crippen LogP contribution in [0.3, 0.4) is 0 Å². The fourth-order valence-corrected chi connectivity index (χ4v) is 6.89. The number of hydrogen-bond acceptors (Lipinski definition) is 4. The maximum atomic E-state index is 6.72. The highest BCUT2D eigenvalue weighted by atomic mass is 35.5. The Balaban J connectivity index is 1.43. The number of benzene rings is 6. The van der Waals surface area contributed by atoms with Crippen LogP contribution in [0, 0.1) is 0 Å². The van der Waals surface area contributed by atoms with Crippen LogP contribution in [0.15, 0.2) is 121 Å². The lowest BCUT2D eigenvalue weighted by atomic mass is 10.0. The summed E-state index contributed by atoms with van der Waals surface area (Å²) < 4.78 is 2.33. The van der Waals surface area contributed by atoms with Crippen LogP contribution < -0.4 is 0 Å². The Morgan fingerprint density at radius 2 is 1.10 bits per heavy atom. The molecule has 0 unspecified atom stereocenters. The van der Waals surface area contributed by atoms with Gasteiger partial charge in [0.15, 0.2) is 17.5 Å². The predicted octanol–water partition coefficient (Wildman–Crippen LogP) is 10.2. The van der Waals surface area contributed by atoms with Gasteiger partial charge in [0.05, 0.1) is 0 Å². The van der Waals surface area contributed by atoms with Crippen LogP contribution in [0.5, 0.6) is 0 Å². The van der Waals surface area contributed by atoms with Crippen LogP contribution in [0.1, 0.15) is 0 Å². The summed E-state index contributed by atoms with van der Waals surface area (Å²) >= 11 is 8.47. The number of hydrogen-bond donors (Lipinski definition) is 0. The zero-order valence-corrected chi connectivity index (χ0v) is 22.7.